The quantitative estimate of drug-likeness (QED) is 0.255. The van der Waals surface area contributed by atoms with E-state index in [9.17, 15) is 4.79 Å². The predicted octanol–water partition coefficient (Wildman–Crippen LogP) is 5.28. The second-order valence-electron chi connectivity index (χ2n) is 7.27. The summed E-state index contributed by atoms with van der Waals surface area (Å²) in [5.74, 6) is 0.296. The van der Waals surface area contributed by atoms with Gasteiger partial charge in [0.05, 0.1) is 22.7 Å². The van der Waals surface area contributed by atoms with Gasteiger partial charge in [0.25, 0.3) is 0 Å². The third-order valence-corrected chi connectivity index (χ3v) is 6.31. The molecule has 0 aliphatic heterocycles. The number of aryl methyl sites for hydroxylation is 1. The number of hydrogen-bond donors (Lipinski definition) is 0. The first-order chi connectivity index (χ1) is 15.8. The topological polar surface area (TPSA) is 65.6 Å². The van der Waals surface area contributed by atoms with Gasteiger partial charge in [-0.25, -0.2) is 0 Å². The molecule has 158 valence electrons. The van der Waals surface area contributed by atoms with Gasteiger partial charge in [0.1, 0.15) is 0 Å². The van der Waals surface area contributed by atoms with Crippen LogP contribution in [0.2, 0.25) is 0 Å². The van der Waals surface area contributed by atoms with Gasteiger partial charge in [-0.3, -0.25) is 4.79 Å². The number of hydrogen-bond acceptors (Lipinski definition) is 5. The Hall–Kier alpha value is -3.71. The van der Waals surface area contributed by atoms with E-state index in [0.717, 1.165) is 40.0 Å². The minimum Gasteiger partial charge on any atom is -0.340 e. The third-order valence-electron chi connectivity index (χ3n) is 5.39. The smallest absolute Gasteiger partial charge is 0.214 e. The summed E-state index contributed by atoms with van der Waals surface area (Å²) in [6, 6.07) is 27.9. The molecule has 0 fully saturated rings. The molecular weight excluding hydrogens is 418 g/mol. The lowest BCUT2D eigenvalue weighted by molar-refractivity contribution is 0.102. The van der Waals surface area contributed by atoms with Crippen LogP contribution in [-0.4, -0.2) is 36.3 Å². The van der Waals surface area contributed by atoms with Gasteiger partial charge in [0.15, 0.2) is 5.78 Å². The standard InChI is InChI=1S/C25H21N5OS/c1-2-29-21-16-10-9-15-20(21)23(24(29)18-11-5-3-6-12-18)22(31)17-32-25-26-27-28-30(25)19-13-7-4-8-14-19/h3-16H,2,17H2,1H3. The number of Topliss-reactive ketones (excluding diaryl/α,β-unsaturated/α-hetero) is 1. The summed E-state index contributed by atoms with van der Waals surface area (Å²) in [6.45, 7) is 2.88. The number of tetrazole rings is 1. The Bertz CT molecular complexity index is 1380. The van der Waals surface area contributed by atoms with Gasteiger partial charge in [-0.15, -0.1) is 5.10 Å². The summed E-state index contributed by atoms with van der Waals surface area (Å²) in [5.41, 5.74) is 4.67. The molecule has 32 heavy (non-hydrogen) atoms. The maximum absolute atomic E-state index is 13.6. The molecule has 0 aliphatic rings. The molecule has 0 N–H and O–H groups in total. The summed E-state index contributed by atoms with van der Waals surface area (Å²) >= 11 is 1.35. The van der Waals surface area contributed by atoms with Gasteiger partial charge in [-0.2, -0.15) is 4.68 Å². The van der Waals surface area contributed by atoms with Crippen LogP contribution < -0.4 is 0 Å². The number of fused-ring (bicyclic) bond motifs is 1. The Kier molecular flexibility index (Phi) is 5.56. The first-order valence-electron chi connectivity index (χ1n) is 10.4. The van der Waals surface area contributed by atoms with Crippen molar-refractivity contribution in [3.05, 3.63) is 90.5 Å². The Morgan fingerprint density at radius 1 is 0.906 bits per heavy atom. The minimum absolute atomic E-state index is 0.0554. The highest BCUT2D eigenvalue weighted by atomic mass is 32.2. The average Bonchev–Trinajstić information content (AvgIpc) is 3.46. The second kappa shape index (κ2) is 8.80. The van der Waals surface area contributed by atoms with Gasteiger partial charge < -0.3 is 4.57 Å². The zero-order chi connectivity index (χ0) is 21.9. The van der Waals surface area contributed by atoms with Gasteiger partial charge in [-0.05, 0) is 41.1 Å². The first kappa shape index (κ1) is 20.2. The molecule has 6 nitrogen and oxygen atoms in total. The Labute approximate surface area is 189 Å². The van der Waals surface area contributed by atoms with Crippen molar-refractivity contribution in [1.29, 1.82) is 0 Å². The van der Waals surface area contributed by atoms with Crippen LogP contribution in [0.15, 0.2) is 90.1 Å². The number of para-hydroxylation sites is 2. The molecule has 5 rings (SSSR count). The fraction of sp³-hybridized carbons (Fsp3) is 0.120. The van der Waals surface area contributed by atoms with Crippen LogP contribution >= 0.6 is 11.8 Å². The number of benzene rings is 3. The SMILES string of the molecule is CCn1c(-c2ccccc2)c(C(=O)CSc2nnnn2-c2ccccc2)c2ccccc21. The molecule has 0 aliphatic carbocycles. The highest BCUT2D eigenvalue weighted by Gasteiger charge is 2.23. The second-order valence-corrected chi connectivity index (χ2v) is 8.21. The van der Waals surface area contributed by atoms with Crippen molar-refractivity contribution >= 4 is 28.4 Å². The van der Waals surface area contributed by atoms with E-state index in [1.807, 2.05) is 66.7 Å². The molecule has 2 aromatic heterocycles. The predicted molar refractivity (Wildman–Crippen MR) is 127 cm³/mol. The van der Waals surface area contributed by atoms with E-state index < -0.39 is 0 Å². The molecule has 0 atom stereocenters. The van der Waals surface area contributed by atoms with E-state index in [-0.39, 0.29) is 11.5 Å². The van der Waals surface area contributed by atoms with Crippen molar-refractivity contribution in [2.45, 2.75) is 18.6 Å². The molecule has 0 spiro atoms. The van der Waals surface area contributed by atoms with Gasteiger partial charge in [0, 0.05) is 17.4 Å². The molecule has 7 heteroatoms. The van der Waals surface area contributed by atoms with Crippen LogP contribution in [0.3, 0.4) is 0 Å². The van der Waals surface area contributed by atoms with E-state index in [2.05, 4.69) is 45.2 Å². The lowest BCUT2D eigenvalue weighted by Crippen LogP contribution is -2.07. The molecule has 0 saturated heterocycles. The zero-order valence-corrected chi connectivity index (χ0v) is 18.4. The maximum Gasteiger partial charge on any atom is 0.214 e. The third kappa shape index (κ3) is 3.61. The summed E-state index contributed by atoms with van der Waals surface area (Å²) in [6.07, 6.45) is 0. The van der Waals surface area contributed by atoms with Crippen molar-refractivity contribution in [3.63, 3.8) is 0 Å². The normalized spacial score (nSPS) is 11.2. The number of thioether (sulfide) groups is 1. The molecule has 5 aromatic rings. The maximum atomic E-state index is 13.6. The number of ketones is 1. The zero-order valence-electron chi connectivity index (χ0n) is 17.5. The van der Waals surface area contributed by atoms with Crippen LogP contribution in [-0.2, 0) is 6.54 Å². The van der Waals surface area contributed by atoms with Gasteiger partial charge in [-0.1, -0.05) is 78.5 Å². The van der Waals surface area contributed by atoms with E-state index >= 15 is 0 Å². The van der Waals surface area contributed by atoms with Crippen molar-refractivity contribution in [2.75, 3.05) is 5.75 Å². The summed E-state index contributed by atoms with van der Waals surface area (Å²) in [5, 5.41) is 13.6. The molecule has 0 unspecified atom stereocenters. The number of nitrogens with zero attached hydrogens (tertiary/aromatic N) is 5. The first-order valence-corrected chi connectivity index (χ1v) is 11.4. The van der Waals surface area contributed by atoms with Crippen LogP contribution in [0.1, 0.15) is 17.3 Å². The van der Waals surface area contributed by atoms with Crippen LogP contribution in [0.4, 0.5) is 0 Å². The summed E-state index contributed by atoms with van der Waals surface area (Å²) in [4.78, 5) is 13.6. The summed E-state index contributed by atoms with van der Waals surface area (Å²) < 4.78 is 3.88. The number of carbonyl (C=O) groups is 1. The Morgan fingerprint density at radius 3 is 2.34 bits per heavy atom. The van der Waals surface area contributed by atoms with E-state index in [1.54, 1.807) is 4.68 Å². The van der Waals surface area contributed by atoms with Gasteiger partial charge in [0.2, 0.25) is 5.16 Å². The van der Waals surface area contributed by atoms with Crippen LogP contribution in [0, 0.1) is 0 Å². The van der Waals surface area contributed by atoms with E-state index in [0.29, 0.717) is 5.16 Å². The largest absolute Gasteiger partial charge is 0.340 e. The minimum atomic E-state index is 0.0554. The monoisotopic (exact) mass is 439 g/mol. The van der Waals surface area contributed by atoms with Crippen LogP contribution in [0.5, 0.6) is 0 Å². The molecule has 3 aromatic carbocycles. The molecule has 0 radical (unpaired) electrons. The molecule has 0 bridgehead atoms. The molecule has 2 heterocycles. The van der Waals surface area contributed by atoms with E-state index in [1.165, 1.54) is 11.8 Å². The number of aromatic nitrogens is 5. The van der Waals surface area contributed by atoms with Gasteiger partial charge >= 0.3 is 0 Å². The molecule has 0 amide bonds. The van der Waals surface area contributed by atoms with Crippen molar-refractivity contribution < 1.29 is 4.79 Å². The van der Waals surface area contributed by atoms with Crippen molar-refractivity contribution in [1.82, 2.24) is 24.8 Å². The van der Waals surface area contributed by atoms with Crippen molar-refractivity contribution in [3.8, 4) is 16.9 Å². The highest BCUT2D eigenvalue weighted by Crippen LogP contribution is 2.35. The fourth-order valence-corrected chi connectivity index (χ4v) is 4.78. The number of carbonyl (C=O) groups excluding carboxylic acids is 1. The molecular formula is C25H21N5OS. The highest BCUT2D eigenvalue weighted by molar-refractivity contribution is 7.99. The average molecular weight is 440 g/mol. The number of rotatable bonds is 7. The lowest BCUT2D eigenvalue weighted by Gasteiger charge is -2.10. The molecule has 0 saturated carbocycles. The lowest BCUT2D eigenvalue weighted by atomic mass is 10.0. The Morgan fingerprint density at radius 2 is 1.59 bits per heavy atom. The summed E-state index contributed by atoms with van der Waals surface area (Å²) in [7, 11) is 0. The fourth-order valence-electron chi connectivity index (χ4n) is 4.01. The Balaban J connectivity index is 1.53. The van der Waals surface area contributed by atoms with Crippen molar-refractivity contribution in [2.24, 2.45) is 0 Å². The van der Waals surface area contributed by atoms with E-state index in [4.69, 9.17) is 0 Å². The van der Waals surface area contributed by atoms with Crippen LogP contribution in [0.25, 0.3) is 27.8 Å².